The van der Waals surface area contributed by atoms with Gasteiger partial charge in [-0.25, -0.2) is 8.42 Å². The van der Waals surface area contributed by atoms with Gasteiger partial charge in [-0.2, -0.15) is 5.26 Å². The number of hydrogen-bond donors (Lipinski definition) is 0. The summed E-state index contributed by atoms with van der Waals surface area (Å²) in [5.74, 6) is 0.310. The summed E-state index contributed by atoms with van der Waals surface area (Å²) in [7, 11) is -3.01. The topological polar surface area (TPSA) is 57.9 Å². The second-order valence-corrected chi connectivity index (χ2v) is 10.2. The molecule has 1 aromatic heterocycles. The summed E-state index contributed by atoms with van der Waals surface area (Å²) in [6, 6.07) is 21.9. The summed E-state index contributed by atoms with van der Waals surface area (Å²) in [6.45, 7) is 0. The van der Waals surface area contributed by atoms with Crippen molar-refractivity contribution in [3.63, 3.8) is 0 Å². The van der Waals surface area contributed by atoms with Crippen LogP contribution in [-0.2, 0) is 9.84 Å². The van der Waals surface area contributed by atoms with Gasteiger partial charge in [-0.3, -0.25) is 0 Å². The molecule has 1 unspecified atom stereocenters. The van der Waals surface area contributed by atoms with Gasteiger partial charge in [0.25, 0.3) is 0 Å². The Balaban J connectivity index is 1.58. The minimum Gasteiger partial charge on any atom is -0.228 e. The van der Waals surface area contributed by atoms with Gasteiger partial charge in [0.15, 0.2) is 9.84 Å². The molecule has 3 aromatic rings. The van der Waals surface area contributed by atoms with Gasteiger partial charge in [-0.15, -0.1) is 11.3 Å². The normalized spacial score (nSPS) is 18.7. The molecule has 2 aromatic carbocycles. The van der Waals surface area contributed by atoms with E-state index in [1.807, 2.05) is 36.4 Å². The predicted octanol–water partition coefficient (Wildman–Crippen LogP) is 5.59. The van der Waals surface area contributed by atoms with Crippen molar-refractivity contribution in [2.24, 2.45) is 0 Å². The number of benzene rings is 2. The zero-order valence-electron chi connectivity index (χ0n) is 14.8. The molecule has 0 N–H and O–H groups in total. The molecule has 27 heavy (non-hydrogen) atoms. The Labute approximate surface area is 163 Å². The molecule has 1 atom stereocenters. The van der Waals surface area contributed by atoms with E-state index in [9.17, 15) is 8.42 Å². The average Bonchev–Trinajstić information content (AvgIpc) is 3.17. The molecule has 1 aliphatic rings. The second-order valence-electron chi connectivity index (χ2n) is 6.82. The molecular formula is C22H19NO2S2. The van der Waals surface area contributed by atoms with Gasteiger partial charge >= 0.3 is 0 Å². The van der Waals surface area contributed by atoms with Gasteiger partial charge in [-0.1, -0.05) is 42.8 Å². The maximum absolute atomic E-state index is 12.4. The molecule has 0 saturated carbocycles. The molecule has 0 aliphatic carbocycles. The van der Waals surface area contributed by atoms with Crippen LogP contribution in [0.25, 0.3) is 21.6 Å². The molecule has 1 aliphatic heterocycles. The first-order chi connectivity index (χ1) is 13.1. The monoisotopic (exact) mass is 393 g/mol. The third kappa shape index (κ3) is 3.69. The minimum atomic E-state index is -3.01. The SMILES string of the molecule is N#Cc1ccc(-c2ccc(-c3ccc(C4CCCCS4(=O)=O)s3)cc2)cc1. The number of rotatable bonds is 3. The van der Waals surface area contributed by atoms with Crippen LogP contribution in [0.3, 0.4) is 0 Å². The first kappa shape index (κ1) is 18.0. The third-order valence-electron chi connectivity index (χ3n) is 5.04. The number of thiophene rings is 1. The van der Waals surface area contributed by atoms with E-state index in [1.165, 1.54) is 0 Å². The molecule has 1 saturated heterocycles. The minimum absolute atomic E-state index is 0.310. The van der Waals surface area contributed by atoms with E-state index < -0.39 is 9.84 Å². The molecule has 1 fully saturated rings. The lowest BCUT2D eigenvalue weighted by Gasteiger charge is -2.20. The predicted molar refractivity (Wildman–Crippen MR) is 110 cm³/mol. The van der Waals surface area contributed by atoms with Gasteiger partial charge < -0.3 is 0 Å². The Bertz CT molecular complexity index is 1090. The summed E-state index contributed by atoms with van der Waals surface area (Å²) < 4.78 is 24.7. The van der Waals surface area contributed by atoms with Crippen LogP contribution in [0, 0.1) is 11.3 Å². The Morgan fingerprint density at radius 2 is 1.48 bits per heavy atom. The maximum atomic E-state index is 12.4. The molecule has 0 spiro atoms. The lowest BCUT2D eigenvalue weighted by atomic mass is 10.0. The summed E-state index contributed by atoms with van der Waals surface area (Å²) in [6.07, 6.45) is 2.50. The van der Waals surface area contributed by atoms with E-state index in [1.54, 1.807) is 11.3 Å². The highest BCUT2D eigenvalue weighted by atomic mass is 32.2. The molecular weight excluding hydrogens is 374 g/mol. The largest absolute Gasteiger partial charge is 0.228 e. The highest BCUT2D eigenvalue weighted by molar-refractivity contribution is 7.91. The van der Waals surface area contributed by atoms with Crippen molar-refractivity contribution in [2.75, 3.05) is 5.75 Å². The van der Waals surface area contributed by atoms with E-state index >= 15 is 0 Å². The van der Waals surface area contributed by atoms with E-state index in [2.05, 4.69) is 30.3 Å². The van der Waals surface area contributed by atoms with Gasteiger partial charge in [-0.05, 0) is 53.8 Å². The van der Waals surface area contributed by atoms with Crippen LogP contribution < -0.4 is 0 Å². The van der Waals surface area contributed by atoms with Crippen LogP contribution in [0.2, 0.25) is 0 Å². The van der Waals surface area contributed by atoms with Gasteiger partial charge in [0.05, 0.1) is 22.6 Å². The van der Waals surface area contributed by atoms with Crippen molar-refractivity contribution < 1.29 is 8.42 Å². The van der Waals surface area contributed by atoms with Crippen LogP contribution in [0.4, 0.5) is 0 Å². The van der Waals surface area contributed by atoms with Crippen LogP contribution in [0.5, 0.6) is 0 Å². The zero-order valence-corrected chi connectivity index (χ0v) is 16.4. The molecule has 0 amide bonds. The molecule has 136 valence electrons. The molecule has 0 radical (unpaired) electrons. The van der Waals surface area contributed by atoms with Crippen molar-refractivity contribution in [2.45, 2.75) is 24.5 Å². The molecule has 2 heterocycles. The molecule has 0 bridgehead atoms. The highest BCUT2D eigenvalue weighted by Crippen LogP contribution is 2.40. The van der Waals surface area contributed by atoms with Crippen LogP contribution in [-0.4, -0.2) is 14.2 Å². The van der Waals surface area contributed by atoms with Crippen molar-refractivity contribution in [3.8, 4) is 27.6 Å². The molecule has 3 nitrogen and oxygen atoms in total. The Hall–Kier alpha value is -2.42. The fourth-order valence-corrected chi connectivity index (χ4v) is 6.98. The standard InChI is InChI=1S/C22H19NO2S2/c23-15-16-4-6-17(7-5-16)18-8-10-19(11-9-18)20-12-13-21(26-20)22-3-1-2-14-27(22,24)25/h4-13,22H,1-3,14H2. The van der Waals surface area contributed by atoms with E-state index in [0.29, 0.717) is 11.3 Å². The fraction of sp³-hybridized carbons (Fsp3) is 0.227. The third-order valence-corrected chi connectivity index (χ3v) is 8.65. The van der Waals surface area contributed by atoms with Crippen molar-refractivity contribution in [3.05, 3.63) is 71.1 Å². The smallest absolute Gasteiger partial charge is 0.158 e. The number of sulfone groups is 1. The Morgan fingerprint density at radius 3 is 2.11 bits per heavy atom. The molecule has 4 rings (SSSR count). The first-order valence-corrected chi connectivity index (χ1v) is 11.5. The van der Waals surface area contributed by atoms with Crippen molar-refractivity contribution in [1.82, 2.24) is 0 Å². The van der Waals surface area contributed by atoms with E-state index in [0.717, 1.165) is 45.7 Å². The van der Waals surface area contributed by atoms with E-state index in [-0.39, 0.29) is 5.25 Å². The number of nitrogens with zero attached hydrogens (tertiary/aromatic N) is 1. The van der Waals surface area contributed by atoms with E-state index in [4.69, 9.17) is 5.26 Å². The summed E-state index contributed by atoms with van der Waals surface area (Å²) in [4.78, 5) is 2.05. The Morgan fingerprint density at radius 1 is 0.852 bits per heavy atom. The quantitative estimate of drug-likeness (QED) is 0.582. The summed E-state index contributed by atoms with van der Waals surface area (Å²) >= 11 is 1.59. The number of nitriles is 1. The van der Waals surface area contributed by atoms with Gasteiger partial charge in [0, 0.05) is 9.75 Å². The lowest BCUT2D eigenvalue weighted by molar-refractivity contribution is 0.548. The fourth-order valence-electron chi connectivity index (χ4n) is 3.52. The maximum Gasteiger partial charge on any atom is 0.158 e. The Kier molecular flexibility index (Phi) is 4.86. The van der Waals surface area contributed by atoms with Crippen LogP contribution in [0.15, 0.2) is 60.7 Å². The summed E-state index contributed by atoms with van der Waals surface area (Å²) in [5, 5.41) is 8.57. The van der Waals surface area contributed by atoms with Gasteiger partial charge in [0.2, 0.25) is 0 Å². The van der Waals surface area contributed by atoms with Gasteiger partial charge in [0.1, 0.15) is 0 Å². The highest BCUT2D eigenvalue weighted by Gasteiger charge is 2.31. The lowest BCUT2D eigenvalue weighted by Crippen LogP contribution is -2.20. The van der Waals surface area contributed by atoms with Crippen molar-refractivity contribution in [1.29, 1.82) is 5.26 Å². The molecule has 5 heteroatoms. The zero-order chi connectivity index (χ0) is 18.9. The van der Waals surface area contributed by atoms with Crippen LogP contribution >= 0.6 is 11.3 Å². The van der Waals surface area contributed by atoms with Crippen LogP contribution in [0.1, 0.15) is 35.0 Å². The number of hydrogen-bond acceptors (Lipinski definition) is 4. The first-order valence-electron chi connectivity index (χ1n) is 8.99. The summed E-state index contributed by atoms with van der Waals surface area (Å²) in [5.41, 5.74) is 3.91. The second kappa shape index (κ2) is 7.30. The average molecular weight is 394 g/mol. The van der Waals surface area contributed by atoms with Crippen molar-refractivity contribution >= 4 is 21.2 Å².